The average Bonchev–Trinajstić information content (AvgIpc) is 2.82. The number of benzene rings is 3. The average molecular weight is 480 g/mol. The lowest BCUT2D eigenvalue weighted by Gasteiger charge is -2.29. The molecule has 1 atom stereocenters. The van der Waals surface area contributed by atoms with Crippen LogP contribution in [0.25, 0.3) is 32.8 Å². The summed E-state index contributed by atoms with van der Waals surface area (Å²) in [5.74, 6) is 5.87. The van der Waals surface area contributed by atoms with E-state index in [2.05, 4.69) is 11.8 Å². The number of fused-ring (bicyclic) bond motifs is 1. The van der Waals surface area contributed by atoms with Crippen molar-refractivity contribution in [3.8, 4) is 28.7 Å². The molecule has 2 heterocycles. The number of ether oxygens (including phenoxy) is 2. The van der Waals surface area contributed by atoms with Crippen molar-refractivity contribution >= 4 is 27.6 Å². The predicted octanol–water partition coefficient (Wildman–Crippen LogP) is 6.61. The van der Waals surface area contributed by atoms with Crippen molar-refractivity contribution in [3.05, 3.63) is 70.9 Å². The summed E-state index contributed by atoms with van der Waals surface area (Å²) < 4.78 is 12.1. The van der Waals surface area contributed by atoms with Crippen molar-refractivity contribution < 1.29 is 19.4 Å². The van der Waals surface area contributed by atoms with Crippen LogP contribution in [0.2, 0.25) is 0 Å². The van der Waals surface area contributed by atoms with Crippen LogP contribution < -0.4 is 4.74 Å². The zero-order valence-electron chi connectivity index (χ0n) is 21.2. The molecule has 1 aliphatic rings. The molecule has 182 valence electrons. The molecule has 5 rings (SSSR count). The van der Waals surface area contributed by atoms with Crippen LogP contribution in [-0.2, 0) is 16.0 Å². The van der Waals surface area contributed by atoms with Gasteiger partial charge in [-0.1, -0.05) is 18.1 Å². The topological polar surface area (TPSA) is 68.7 Å². The van der Waals surface area contributed by atoms with Gasteiger partial charge in [0.25, 0.3) is 0 Å². The second-order valence-electron chi connectivity index (χ2n) is 10.1. The lowest BCUT2D eigenvalue weighted by Crippen LogP contribution is -2.28. The molecule has 1 aliphatic heterocycles. The molecule has 0 radical (unpaired) electrons. The van der Waals surface area contributed by atoms with Gasteiger partial charge in [0.1, 0.15) is 5.75 Å². The van der Waals surface area contributed by atoms with Crippen molar-refractivity contribution in [2.75, 3.05) is 6.61 Å². The molecule has 0 bridgehead atoms. The number of hydrogen-bond acceptors (Lipinski definition) is 4. The van der Waals surface area contributed by atoms with Crippen LogP contribution in [0.15, 0.2) is 48.7 Å². The number of carboxylic acid groups (broad SMARTS) is 1. The van der Waals surface area contributed by atoms with Gasteiger partial charge in [0.2, 0.25) is 0 Å². The van der Waals surface area contributed by atoms with Crippen LogP contribution in [-0.4, -0.2) is 28.3 Å². The van der Waals surface area contributed by atoms with Gasteiger partial charge in [-0.05, 0) is 92.4 Å². The maximum atomic E-state index is 12.6. The zero-order valence-corrected chi connectivity index (χ0v) is 21.2. The summed E-state index contributed by atoms with van der Waals surface area (Å²) in [6.07, 6.45) is 1.48. The summed E-state index contributed by atoms with van der Waals surface area (Å²) in [5, 5.41) is 13.2. The SMILES string of the molecule is CC#Cc1ccc2c(-c3ccc4c5c(ccnc35)CCO4)c([C@H](OC(C)(C)C)C(=O)O)c(C)cc2c1. The van der Waals surface area contributed by atoms with Gasteiger partial charge in [0.05, 0.1) is 17.7 Å². The first-order chi connectivity index (χ1) is 17.2. The number of pyridine rings is 1. The largest absolute Gasteiger partial charge is 0.493 e. The number of rotatable bonds is 4. The number of aryl methyl sites for hydroxylation is 1. The molecule has 0 saturated heterocycles. The van der Waals surface area contributed by atoms with Crippen LogP contribution in [0.3, 0.4) is 0 Å². The van der Waals surface area contributed by atoms with Gasteiger partial charge in [-0.2, -0.15) is 0 Å². The summed E-state index contributed by atoms with van der Waals surface area (Å²) in [5.41, 5.74) is 5.40. The number of carboxylic acids is 1. The fraction of sp³-hybridized carbons (Fsp3) is 0.290. The number of hydrogen-bond donors (Lipinski definition) is 1. The minimum Gasteiger partial charge on any atom is -0.493 e. The number of nitrogens with zero attached hydrogens (tertiary/aromatic N) is 1. The van der Waals surface area contributed by atoms with E-state index in [0.717, 1.165) is 56.1 Å². The Labute approximate surface area is 211 Å². The summed E-state index contributed by atoms with van der Waals surface area (Å²) in [6, 6.07) is 14.1. The smallest absolute Gasteiger partial charge is 0.337 e. The van der Waals surface area contributed by atoms with E-state index < -0.39 is 17.7 Å². The highest BCUT2D eigenvalue weighted by Crippen LogP contribution is 2.45. The van der Waals surface area contributed by atoms with Gasteiger partial charge in [-0.3, -0.25) is 4.98 Å². The predicted molar refractivity (Wildman–Crippen MR) is 142 cm³/mol. The van der Waals surface area contributed by atoms with Gasteiger partial charge in [-0.25, -0.2) is 4.79 Å². The van der Waals surface area contributed by atoms with Crippen LogP contribution in [0, 0.1) is 18.8 Å². The quantitative estimate of drug-likeness (QED) is 0.334. The molecule has 0 fully saturated rings. The Hall–Kier alpha value is -3.88. The van der Waals surface area contributed by atoms with Crippen LogP contribution in [0.5, 0.6) is 5.75 Å². The van der Waals surface area contributed by atoms with E-state index in [1.165, 1.54) is 5.56 Å². The van der Waals surface area contributed by atoms with Gasteiger partial charge in [0.15, 0.2) is 6.10 Å². The summed E-state index contributed by atoms with van der Waals surface area (Å²) in [4.78, 5) is 17.4. The molecule has 0 saturated carbocycles. The molecule has 0 unspecified atom stereocenters. The maximum Gasteiger partial charge on any atom is 0.337 e. The molecule has 0 spiro atoms. The number of aromatic nitrogens is 1. The van der Waals surface area contributed by atoms with Gasteiger partial charge >= 0.3 is 5.97 Å². The molecule has 3 aromatic carbocycles. The molecule has 5 nitrogen and oxygen atoms in total. The Morgan fingerprint density at radius 2 is 1.97 bits per heavy atom. The Bertz CT molecular complexity index is 1570. The monoisotopic (exact) mass is 479 g/mol. The van der Waals surface area contributed by atoms with E-state index in [0.29, 0.717) is 12.2 Å². The van der Waals surface area contributed by atoms with E-state index >= 15 is 0 Å². The molecule has 4 aromatic rings. The standard InChI is InChI=1S/C31H29NO4/c1-6-7-19-8-9-22-21(17-19)16-18(2)25(29(30(33)34)36-31(3,4)5)27(22)23-10-11-24-26-20(13-15-35-24)12-14-32-28(23)26/h8-12,14,16-17,29H,13,15H2,1-5H3,(H,33,34)/t29-/m0/s1. The summed E-state index contributed by atoms with van der Waals surface area (Å²) in [6.45, 7) is 10.0. The highest BCUT2D eigenvalue weighted by molar-refractivity contribution is 6.09. The van der Waals surface area contributed by atoms with E-state index in [1.54, 1.807) is 0 Å². The molecule has 1 aromatic heterocycles. The Morgan fingerprint density at radius 3 is 2.69 bits per heavy atom. The molecular weight excluding hydrogens is 450 g/mol. The van der Waals surface area contributed by atoms with E-state index in [9.17, 15) is 9.90 Å². The molecular formula is C31H29NO4. The van der Waals surface area contributed by atoms with E-state index in [4.69, 9.17) is 14.5 Å². The third kappa shape index (κ3) is 4.19. The molecule has 0 aliphatic carbocycles. The second-order valence-corrected chi connectivity index (χ2v) is 10.1. The molecule has 36 heavy (non-hydrogen) atoms. The Balaban J connectivity index is 1.91. The Morgan fingerprint density at radius 1 is 1.17 bits per heavy atom. The second kappa shape index (κ2) is 8.96. The van der Waals surface area contributed by atoms with Gasteiger partial charge < -0.3 is 14.6 Å². The van der Waals surface area contributed by atoms with Crippen molar-refractivity contribution in [1.29, 1.82) is 0 Å². The van der Waals surface area contributed by atoms with Crippen molar-refractivity contribution in [3.63, 3.8) is 0 Å². The van der Waals surface area contributed by atoms with Crippen LogP contribution >= 0.6 is 0 Å². The van der Waals surface area contributed by atoms with E-state index in [1.807, 2.05) is 83.3 Å². The summed E-state index contributed by atoms with van der Waals surface area (Å²) >= 11 is 0. The number of carbonyl (C=O) groups is 1. The minimum absolute atomic E-state index is 0.631. The lowest BCUT2D eigenvalue weighted by atomic mass is 9.85. The zero-order chi connectivity index (χ0) is 25.6. The van der Waals surface area contributed by atoms with Gasteiger partial charge in [-0.15, -0.1) is 5.92 Å². The number of aliphatic carboxylic acids is 1. The van der Waals surface area contributed by atoms with Crippen molar-refractivity contribution in [2.24, 2.45) is 0 Å². The minimum atomic E-state index is -1.15. The Kier molecular flexibility index (Phi) is 5.94. The maximum absolute atomic E-state index is 12.6. The molecule has 1 N–H and O–H groups in total. The van der Waals surface area contributed by atoms with Crippen molar-refractivity contribution in [2.45, 2.75) is 52.7 Å². The van der Waals surface area contributed by atoms with E-state index in [-0.39, 0.29) is 0 Å². The van der Waals surface area contributed by atoms with Gasteiger partial charge in [0, 0.05) is 34.7 Å². The van der Waals surface area contributed by atoms with Crippen molar-refractivity contribution in [1.82, 2.24) is 4.98 Å². The third-order valence-corrected chi connectivity index (χ3v) is 6.45. The third-order valence-electron chi connectivity index (χ3n) is 6.45. The van der Waals surface area contributed by atoms with Crippen LogP contribution in [0.1, 0.15) is 56.1 Å². The first-order valence-corrected chi connectivity index (χ1v) is 12.1. The highest BCUT2D eigenvalue weighted by atomic mass is 16.5. The first-order valence-electron chi connectivity index (χ1n) is 12.1. The fourth-order valence-corrected chi connectivity index (χ4v) is 5.10. The lowest BCUT2D eigenvalue weighted by molar-refractivity contribution is -0.160. The summed E-state index contributed by atoms with van der Waals surface area (Å²) in [7, 11) is 0. The molecule has 0 amide bonds. The molecule has 5 heteroatoms. The highest BCUT2D eigenvalue weighted by Gasteiger charge is 2.32. The normalized spacial score (nSPS) is 13.7. The first kappa shape index (κ1) is 23.8. The van der Waals surface area contributed by atoms with Crippen LogP contribution in [0.4, 0.5) is 0 Å². The fourth-order valence-electron chi connectivity index (χ4n) is 5.10.